The molecule has 5 heteroatoms. The molecule has 122 valence electrons. The van der Waals surface area contributed by atoms with Crippen LogP contribution in [0.4, 0.5) is 5.69 Å². The van der Waals surface area contributed by atoms with Gasteiger partial charge in [-0.15, -0.1) is 0 Å². The van der Waals surface area contributed by atoms with Gasteiger partial charge in [-0.2, -0.15) is 0 Å². The molecule has 0 unspecified atom stereocenters. The van der Waals surface area contributed by atoms with Gasteiger partial charge in [0.2, 0.25) is 0 Å². The van der Waals surface area contributed by atoms with E-state index in [1.165, 1.54) is 0 Å². The van der Waals surface area contributed by atoms with Gasteiger partial charge in [-0.05, 0) is 49.7 Å². The van der Waals surface area contributed by atoms with E-state index >= 15 is 0 Å². The van der Waals surface area contributed by atoms with Crippen molar-refractivity contribution in [3.8, 4) is 11.5 Å². The predicted octanol–water partition coefficient (Wildman–Crippen LogP) is 4.53. The predicted molar refractivity (Wildman–Crippen MR) is 92.4 cm³/mol. The molecular weight excluding hydrogens is 314 g/mol. The number of para-hydroxylation sites is 1. The van der Waals surface area contributed by atoms with Gasteiger partial charge in [0, 0.05) is 5.69 Å². The molecule has 0 aromatic heterocycles. The maximum absolute atomic E-state index is 12.4. The van der Waals surface area contributed by atoms with E-state index in [2.05, 4.69) is 5.32 Å². The Morgan fingerprint density at radius 1 is 1.13 bits per heavy atom. The van der Waals surface area contributed by atoms with E-state index in [0.29, 0.717) is 29.5 Å². The highest BCUT2D eigenvalue weighted by Gasteiger charge is 2.19. The van der Waals surface area contributed by atoms with Crippen molar-refractivity contribution in [2.24, 2.45) is 0 Å². The lowest BCUT2D eigenvalue weighted by Gasteiger charge is -2.18. The smallest absolute Gasteiger partial charge is 0.265 e. The van der Waals surface area contributed by atoms with Crippen molar-refractivity contribution >= 4 is 23.2 Å². The zero-order valence-electron chi connectivity index (χ0n) is 13.2. The lowest BCUT2D eigenvalue weighted by molar-refractivity contribution is -0.122. The van der Waals surface area contributed by atoms with Crippen LogP contribution in [0.5, 0.6) is 11.5 Å². The average molecular weight is 334 g/mol. The van der Waals surface area contributed by atoms with Crippen LogP contribution in [-0.2, 0) is 4.79 Å². The molecule has 2 rings (SSSR count). The second-order valence-corrected chi connectivity index (χ2v) is 5.30. The summed E-state index contributed by atoms with van der Waals surface area (Å²) >= 11 is 6.07. The second kappa shape index (κ2) is 8.44. The topological polar surface area (TPSA) is 47.6 Å². The molecule has 0 spiro atoms. The molecule has 1 atom stereocenters. The molecule has 1 amide bonds. The summed E-state index contributed by atoms with van der Waals surface area (Å²) in [7, 11) is 0. The highest BCUT2D eigenvalue weighted by Crippen LogP contribution is 2.25. The number of hydrogen-bond acceptors (Lipinski definition) is 3. The zero-order valence-corrected chi connectivity index (χ0v) is 14.0. The molecule has 0 bridgehead atoms. The van der Waals surface area contributed by atoms with Gasteiger partial charge in [0.05, 0.1) is 11.6 Å². The van der Waals surface area contributed by atoms with E-state index in [-0.39, 0.29) is 5.91 Å². The zero-order chi connectivity index (χ0) is 16.7. The molecule has 0 saturated heterocycles. The van der Waals surface area contributed by atoms with Crippen molar-refractivity contribution in [3.05, 3.63) is 53.6 Å². The van der Waals surface area contributed by atoms with Gasteiger partial charge in [-0.3, -0.25) is 4.79 Å². The third-order valence-electron chi connectivity index (χ3n) is 3.20. The van der Waals surface area contributed by atoms with Gasteiger partial charge in [-0.25, -0.2) is 0 Å². The molecular formula is C18H20ClNO3. The highest BCUT2D eigenvalue weighted by atomic mass is 35.5. The Balaban J connectivity index is 2.01. The van der Waals surface area contributed by atoms with Crippen LogP contribution in [0.1, 0.15) is 20.3 Å². The minimum absolute atomic E-state index is 0.212. The normalized spacial score (nSPS) is 11.6. The van der Waals surface area contributed by atoms with Gasteiger partial charge in [-0.1, -0.05) is 30.7 Å². The van der Waals surface area contributed by atoms with Crippen molar-refractivity contribution < 1.29 is 14.3 Å². The molecule has 4 nitrogen and oxygen atoms in total. The first-order chi connectivity index (χ1) is 11.1. The Bertz CT molecular complexity index is 643. The molecule has 0 radical (unpaired) electrons. The SMILES string of the molecule is CCOc1ccc(NC(=O)[C@@H](CC)Oc2ccccc2Cl)cc1. The van der Waals surface area contributed by atoms with Gasteiger partial charge < -0.3 is 14.8 Å². The number of ether oxygens (including phenoxy) is 2. The van der Waals surface area contributed by atoms with Crippen molar-refractivity contribution in [1.29, 1.82) is 0 Å². The van der Waals surface area contributed by atoms with Crippen LogP contribution in [-0.4, -0.2) is 18.6 Å². The van der Waals surface area contributed by atoms with Crippen molar-refractivity contribution in [1.82, 2.24) is 0 Å². The number of amides is 1. The molecule has 0 aliphatic heterocycles. The molecule has 23 heavy (non-hydrogen) atoms. The minimum Gasteiger partial charge on any atom is -0.494 e. The van der Waals surface area contributed by atoms with Crippen molar-refractivity contribution in [2.45, 2.75) is 26.4 Å². The van der Waals surface area contributed by atoms with Gasteiger partial charge in [0.25, 0.3) is 5.91 Å². The van der Waals surface area contributed by atoms with E-state index in [4.69, 9.17) is 21.1 Å². The van der Waals surface area contributed by atoms with Crippen LogP contribution >= 0.6 is 11.6 Å². The van der Waals surface area contributed by atoms with Crippen LogP contribution in [0.3, 0.4) is 0 Å². The van der Waals surface area contributed by atoms with E-state index < -0.39 is 6.10 Å². The molecule has 0 saturated carbocycles. The number of carbonyl (C=O) groups excluding carboxylic acids is 1. The fourth-order valence-corrected chi connectivity index (χ4v) is 2.22. The van der Waals surface area contributed by atoms with E-state index in [1.807, 2.05) is 38.1 Å². The fraction of sp³-hybridized carbons (Fsp3) is 0.278. The van der Waals surface area contributed by atoms with Crippen LogP contribution < -0.4 is 14.8 Å². The molecule has 0 heterocycles. The van der Waals surface area contributed by atoms with Gasteiger partial charge >= 0.3 is 0 Å². The van der Waals surface area contributed by atoms with Crippen molar-refractivity contribution in [2.75, 3.05) is 11.9 Å². The molecule has 2 aromatic carbocycles. The van der Waals surface area contributed by atoms with Crippen LogP contribution in [0.15, 0.2) is 48.5 Å². The number of carbonyl (C=O) groups is 1. The van der Waals surface area contributed by atoms with E-state index in [1.54, 1.807) is 24.3 Å². The summed E-state index contributed by atoms with van der Waals surface area (Å²) in [6.07, 6.45) is -0.0740. The number of nitrogens with one attached hydrogen (secondary N) is 1. The molecule has 0 aliphatic rings. The summed E-state index contributed by atoms with van der Waals surface area (Å²) in [6.45, 7) is 4.42. The lowest BCUT2D eigenvalue weighted by Crippen LogP contribution is -2.32. The first-order valence-corrected chi connectivity index (χ1v) is 7.96. The lowest BCUT2D eigenvalue weighted by atomic mass is 10.2. The summed E-state index contributed by atoms with van der Waals surface area (Å²) in [5.41, 5.74) is 0.694. The number of hydrogen-bond donors (Lipinski definition) is 1. The van der Waals surface area contributed by atoms with E-state index in [0.717, 1.165) is 5.75 Å². The summed E-state index contributed by atoms with van der Waals surface area (Å²) in [4.78, 5) is 12.4. The third-order valence-corrected chi connectivity index (χ3v) is 3.51. The van der Waals surface area contributed by atoms with Crippen LogP contribution in [0.2, 0.25) is 5.02 Å². The fourth-order valence-electron chi connectivity index (χ4n) is 2.04. The van der Waals surface area contributed by atoms with Crippen LogP contribution in [0.25, 0.3) is 0 Å². The number of halogens is 1. The Morgan fingerprint density at radius 2 is 1.83 bits per heavy atom. The highest BCUT2D eigenvalue weighted by molar-refractivity contribution is 6.32. The summed E-state index contributed by atoms with van der Waals surface area (Å²) in [6, 6.07) is 14.3. The summed E-state index contributed by atoms with van der Waals surface area (Å²) in [5.74, 6) is 1.06. The Kier molecular flexibility index (Phi) is 6.29. The number of anilines is 1. The Morgan fingerprint density at radius 3 is 2.43 bits per heavy atom. The first kappa shape index (κ1) is 17.2. The molecule has 0 fully saturated rings. The molecule has 2 aromatic rings. The van der Waals surface area contributed by atoms with Gasteiger partial charge in [0.15, 0.2) is 6.10 Å². The second-order valence-electron chi connectivity index (χ2n) is 4.89. The van der Waals surface area contributed by atoms with E-state index in [9.17, 15) is 4.79 Å². The quantitative estimate of drug-likeness (QED) is 0.809. The van der Waals surface area contributed by atoms with Gasteiger partial charge in [0.1, 0.15) is 11.5 Å². The number of benzene rings is 2. The van der Waals surface area contributed by atoms with Crippen LogP contribution in [0, 0.1) is 0 Å². The monoisotopic (exact) mass is 333 g/mol. The summed E-state index contributed by atoms with van der Waals surface area (Å²) in [5, 5.41) is 3.33. The minimum atomic E-state index is -0.610. The molecule has 1 N–H and O–H groups in total. The third kappa shape index (κ3) is 4.89. The first-order valence-electron chi connectivity index (χ1n) is 7.59. The maximum Gasteiger partial charge on any atom is 0.265 e. The number of rotatable bonds is 7. The summed E-state index contributed by atoms with van der Waals surface area (Å²) < 4.78 is 11.1. The maximum atomic E-state index is 12.4. The molecule has 0 aliphatic carbocycles. The standard InChI is InChI=1S/C18H20ClNO3/c1-3-16(23-17-8-6-5-7-15(17)19)18(21)20-13-9-11-14(12-10-13)22-4-2/h5-12,16H,3-4H2,1-2H3,(H,20,21)/t16-/m1/s1. The Labute approximate surface area is 141 Å². The Hall–Kier alpha value is -2.20. The largest absolute Gasteiger partial charge is 0.494 e. The average Bonchev–Trinajstić information content (AvgIpc) is 2.56. The van der Waals surface area contributed by atoms with Crippen molar-refractivity contribution in [3.63, 3.8) is 0 Å².